The van der Waals surface area contributed by atoms with Crippen LogP contribution < -0.4 is 0 Å². The third-order valence-electron chi connectivity index (χ3n) is 2.88. The van der Waals surface area contributed by atoms with Gasteiger partial charge in [0, 0.05) is 14.2 Å². The van der Waals surface area contributed by atoms with Crippen molar-refractivity contribution in [3.8, 4) is 0 Å². The lowest BCUT2D eigenvalue weighted by Crippen LogP contribution is -2.28. The Labute approximate surface area is 115 Å². The van der Waals surface area contributed by atoms with Crippen LogP contribution >= 0.6 is 0 Å². The first-order valence-corrected chi connectivity index (χ1v) is 12.4. The molecule has 0 aliphatic heterocycles. The largest absolute Gasteiger partial charge is 0.424 e. The molecule has 0 saturated heterocycles. The Balaban J connectivity index is 0.000000494. The Kier molecular flexibility index (Phi) is 9.27. The van der Waals surface area contributed by atoms with Crippen LogP contribution in [0.1, 0.15) is 5.56 Å². The van der Waals surface area contributed by atoms with Gasteiger partial charge in [0.15, 0.2) is 17.4 Å². The van der Waals surface area contributed by atoms with Crippen LogP contribution in [0.5, 0.6) is 0 Å². The molecule has 1 rings (SSSR count). The van der Waals surface area contributed by atoms with Crippen molar-refractivity contribution in [1.82, 2.24) is 0 Å². The molecule has 0 spiro atoms. The van der Waals surface area contributed by atoms with Crippen molar-refractivity contribution < 1.29 is 8.85 Å². The predicted molar refractivity (Wildman–Crippen MR) is 85.3 cm³/mol. The molecule has 1 aromatic carbocycles. The van der Waals surface area contributed by atoms with Crippen LogP contribution in [0.25, 0.3) is 0 Å². The molecule has 0 radical (unpaired) electrons. The van der Waals surface area contributed by atoms with E-state index in [1.54, 1.807) is 7.11 Å². The van der Waals surface area contributed by atoms with Crippen molar-refractivity contribution >= 4 is 17.4 Å². The molecule has 0 aromatic heterocycles. The van der Waals surface area contributed by atoms with Gasteiger partial charge in [0.05, 0.1) is 0 Å². The van der Waals surface area contributed by atoms with Gasteiger partial charge in [-0.1, -0.05) is 30.3 Å². The monoisotopic (exact) mass is 284 g/mol. The summed E-state index contributed by atoms with van der Waals surface area (Å²) in [6.07, 6.45) is 1.15. The first kappa shape index (κ1) is 17.6. The average Bonchev–Trinajstić information content (AvgIpc) is 2.38. The fourth-order valence-electron chi connectivity index (χ4n) is 1.19. The van der Waals surface area contributed by atoms with E-state index in [4.69, 9.17) is 8.85 Å². The number of aryl methyl sites for hydroxylation is 1. The second-order valence-electron chi connectivity index (χ2n) is 5.23. The van der Waals surface area contributed by atoms with Crippen LogP contribution in [0.15, 0.2) is 30.3 Å². The van der Waals surface area contributed by atoms with E-state index >= 15 is 0 Å². The van der Waals surface area contributed by atoms with Gasteiger partial charge in [0.25, 0.3) is 0 Å². The maximum Gasteiger partial charge on any atom is 0.186 e. The molecule has 2 nitrogen and oxygen atoms in total. The summed E-state index contributed by atoms with van der Waals surface area (Å²) in [4.78, 5) is 0. The lowest BCUT2D eigenvalue weighted by molar-refractivity contribution is 0.403. The van der Waals surface area contributed by atoms with Gasteiger partial charge in [-0.25, -0.2) is 0 Å². The molecule has 0 saturated carbocycles. The summed E-state index contributed by atoms with van der Waals surface area (Å²) >= 11 is 0. The minimum atomic E-state index is -1.36. The fraction of sp³-hybridized carbons (Fsp3) is 0.571. The van der Waals surface area contributed by atoms with Gasteiger partial charge in [-0.05, 0) is 44.2 Å². The molecule has 104 valence electrons. The van der Waals surface area contributed by atoms with Crippen molar-refractivity contribution in [2.75, 3.05) is 14.2 Å². The van der Waals surface area contributed by atoms with Gasteiger partial charge in [-0.15, -0.1) is 0 Å². The molecule has 0 aliphatic rings. The highest BCUT2D eigenvalue weighted by atomic mass is 28.4. The molecule has 0 atom stereocenters. The minimum absolute atomic E-state index is 0.650. The zero-order valence-corrected chi connectivity index (χ0v) is 14.8. The van der Waals surface area contributed by atoms with Crippen LogP contribution in [0.3, 0.4) is 0 Å². The summed E-state index contributed by atoms with van der Waals surface area (Å²) in [5.74, 6) is 0. The Morgan fingerprint density at radius 1 is 1.06 bits per heavy atom. The summed E-state index contributed by atoms with van der Waals surface area (Å²) < 4.78 is 10.4. The molecule has 0 N–H and O–H groups in total. The van der Waals surface area contributed by atoms with Gasteiger partial charge in [0.2, 0.25) is 0 Å². The van der Waals surface area contributed by atoms with Gasteiger partial charge >= 0.3 is 0 Å². The van der Waals surface area contributed by atoms with Crippen molar-refractivity contribution in [2.24, 2.45) is 0 Å². The maximum absolute atomic E-state index is 5.50. The van der Waals surface area contributed by atoms with Crippen LogP contribution in [0, 0.1) is 0 Å². The minimum Gasteiger partial charge on any atom is -0.424 e. The van der Waals surface area contributed by atoms with Crippen molar-refractivity contribution in [1.29, 1.82) is 0 Å². The SMILES string of the molecule is CO[SiH](C)C.CO[Si](C)(C)CCc1ccccc1. The van der Waals surface area contributed by atoms with E-state index in [0.29, 0.717) is 0 Å². The van der Waals surface area contributed by atoms with E-state index in [-0.39, 0.29) is 0 Å². The van der Waals surface area contributed by atoms with Gasteiger partial charge in [0.1, 0.15) is 0 Å². The molecule has 0 fully saturated rings. The zero-order valence-electron chi connectivity index (χ0n) is 12.7. The number of hydrogen-bond donors (Lipinski definition) is 0. The van der Waals surface area contributed by atoms with Crippen LogP contribution in [0.2, 0.25) is 32.2 Å². The number of benzene rings is 1. The molecule has 1 aromatic rings. The lowest BCUT2D eigenvalue weighted by Gasteiger charge is -2.19. The summed E-state index contributed by atoms with van der Waals surface area (Å²) in [5, 5.41) is 0. The molecule has 0 amide bonds. The number of rotatable bonds is 5. The Bertz CT molecular complexity index is 300. The second kappa shape index (κ2) is 9.50. The third-order valence-corrected chi connectivity index (χ3v) is 6.38. The van der Waals surface area contributed by atoms with E-state index < -0.39 is 17.4 Å². The van der Waals surface area contributed by atoms with Gasteiger partial charge in [-0.3, -0.25) is 0 Å². The first-order chi connectivity index (χ1) is 8.41. The molecule has 18 heavy (non-hydrogen) atoms. The van der Waals surface area contributed by atoms with Crippen molar-refractivity contribution in [3.63, 3.8) is 0 Å². The smallest absolute Gasteiger partial charge is 0.186 e. The quantitative estimate of drug-likeness (QED) is 0.768. The Hall–Kier alpha value is -0.426. The van der Waals surface area contributed by atoms with E-state index in [1.807, 2.05) is 7.11 Å². The van der Waals surface area contributed by atoms with E-state index in [9.17, 15) is 0 Å². The van der Waals surface area contributed by atoms with E-state index in [2.05, 4.69) is 56.5 Å². The third kappa shape index (κ3) is 9.59. The molecule has 0 bridgehead atoms. The molecule has 4 heteroatoms. The van der Waals surface area contributed by atoms with E-state index in [1.165, 1.54) is 11.6 Å². The molecule has 0 aliphatic carbocycles. The van der Waals surface area contributed by atoms with Crippen LogP contribution in [0.4, 0.5) is 0 Å². The molecular weight excluding hydrogens is 256 g/mol. The summed E-state index contributed by atoms with van der Waals surface area (Å²) in [6, 6.07) is 11.8. The highest BCUT2D eigenvalue weighted by Crippen LogP contribution is 2.14. The highest BCUT2D eigenvalue weighted by molar-refractivity contribution is 6.71. The Morgan fingerprint density at radius 2 is 1.56 bits per heavy atom. The standard InChI is InChI=1S/C11H18OSi.C3H10OSi/c1-12-13(2,3)10-9-11-7-5-4-6-8-11;1-4-5(2)3/h4-8H,9-10H2,1-3H3;5H,1-3H3. The zero-order chi connectivity index (χ0) is 14.0. The summed E-state index contributed by atoms with van der Waals surface area (Å²) in [5.41, 5.74) is 1.42. The number of hydrogen-bond acceptors (Lipinski definition) is 2. The first-order valence-electron chi connectivity index (χ1n) is 6.53. The molecule has 0 heterocycles. The van der Waals surface area contributed by atoms with Gasteiger partial charge in [-0.2, -0.15) is 0 Å². The molecule has 0 unspecified atom stereocenters. The van der Waals surface area contributed by atoms with Crippen molar-refractivity contribution in [2.45, 2.75) is 38.7 Å². The van der Waals surface area contributed by atoms with E-state index in [0.717, 1.165) is 6.42 Å². The maximum atomic E-state index is 5.50. The topological polar surface area (TPSA) is 18.5 Å². The molecular formula is C14H28O2Si2. The highest BCUT2D eigenvalue weighted by Gasteiger charge is 2.19. The second-order valence-corrected chi connectivity index (χ2v) is 12.2. The summed E-state index contributed by atoms with van der Waals surface area (Å²) in [7, 11) is 1.58. The van der Waals surface area contributed by atoms with Gasteiger partial charge < -0.3 is 8.85 Å². The average molecular weight is 285 g/mol. The summed E-state index contributed by atoms with van der Waals surface area (Å²) in [6.45, 7) is 8.80. The fourth-order valence-corrected chi connectivity index (χ4v) is 2.29. The Morgan fingerprint density at radius 3 is 1.94 bits per heavy atom. The normalized spacial score (nSPS) is 11.1. The van der Waals surface area contributed by atoms with Crippen LogP contribution in [-0.2, 0) is 15.3 Å². The van der Waals surface area contributed by atoms with Crippen molar-refractivity contribution in [3.05, 3.63) is 35.9 Å². The predicted octanol–water partition coefficient (Wildman–Crippen LogP) is 3.70. The lowest BCUT2D eigenvalue weighted by atomic mass is 10.2. The van der Waals surface area contributed by atoms with Crippen LogP contribution in [-0.4, -0.2) is 31.6 Å².